The van der Waals surface area contributed by atoms with Crippen molar-refractivity contribution < 1.29 is 9.47 Å². The number of benzene rings is 4. The zero-order valence-electron chi connectivity index (χ0n) is 20.0. The van der Waals surface area contributed by atoms with E-state index in [0.29, 0.717) is 11.6 Å². The number of anilines is 4. The molecule has 0 aliphatic rings. The van der Waals surface area contributed by atoms with Gasteiger partial charge < -0.3 is 9.47 Å². The first-order valence-corrected chi connectivity index (χ1v) is 11.8. The average Bonchev–Trinajstić information content (AvgIpc) is 2.89. The molecule has 0 unspecified atom stereocenters. The number of ether oxygens (including phenoxy) is 2. The molecule has 0 fully saturated rings. The average molecular weight is 489 g/mol. The molecule has 0 radical (unpaired) electrons. The maximum atomic E-state index is 6.23. The number of para-hydroxylation sites is 3. The van der Waals surface area contributed by atoms with Crippen molar-refractivity contribution in [2.75, 3.05) is 34.8 Å². The van der Waals surface area contributed by atoms with Crippen LogP contribution >= 0.6 is 11.6 Å². The Hall–Kier alpha value is -4.03. The van der Waals surface area contributed by atoms with Crippen molar-refractivity contribution >= 4 is 34.4 Å². The molecule has 7 heteroatoms. The summed E-state index contributed by atoms with van der Waals surface area (Å²) in [4.78, 5) is 0. The maximum Gasteiger partial charge on any atom is 0.144 e. The highest BCUT2D eigenvalue weighted by atomic mass is 35.5. The van der Waals surface area contributed by atoms with Gasteiger partial charge in [0.2, 0.25) is 0 Å². The molecule has 35 heavy (non-hydrogen) atoms. The van der Waals surface area contributed by atoms with Gasteiger partial charge in [-0.2, -0.15) is 10.2 Å². The topological polar surface area (TPSA) is 49.0 Å². The SMILES string of the molecule is CCOc1ccccc1NN(c1ccc(Cl)cc1)N(Nc1ccccc1C)c1cccc(OC)c1. The first-order valence-electron chi connectivity index (χ1n) is 11.4. The van der Waals surface area contributed by atoms with Crippen LogP contribution in [-0.2, 0) is 0 Å². The molecular weight excluding hydrogens is 460 g/mol. The largest absolute Gasteiger partial charge is 0.497 e. The molecule has 2 N–H and O–H groups in total. The van der Waals surface area contributed by atoms with Crippen molar-refractivity contribution in [2.24, 2.45) is 0 Å². The number of nitrogens with one attached hydrogen (secondary N) is 2. The van der Waals surface area contributed by atoms with Gasteiger partial charge in [-0.1, -0.05) is 48.0 Å². The number of halogens is 1. The molecule has 180 valence electrons. The highest BCUT2D eigenvalue weighted by Gasteiger charge is 2.21. The van der Waals surface area contributed by atoms with Crippen LogP contribution in [0.2, 0.25) is 5.02 Å². The van der Waals surface area contributed by atoms with Crippen LogP contribution in [0.15, 0.2) is 97.1 Å². The Morgan fingerprint density at radius 1 is 0.743 bits per heavy atom. The van der Waals surface area contributed by atoms with E-state index in [0.717, 1.165) is 39.8 Å². The van der Waals surface area contributed by atoms with Gasteiger partial charge in [-0.05, 0) is 74.0 Å². The smallest absolute Gasteiger partial charge is 0.144 e. The molecule has 0 bridgehead atoms. The van der Waals surface area contributed by atoms with Crippen LogP contribution in [0.3, 0.4) is 0 Å². The van der Waals surface area contributed by atoms with Crippen LogP contribution in [0.4, 0.5) is 22.7 Å². The summed E-state index contributed by atoms with van der Waals surface area (Å²) < 4.78 is 11.4. The number of hydrogen-bond donors (Lipinski definition) is 2. The van der Waals surface area contributed by atoms with E-state index in [1.165, 1.54) is 0 Å². The van der Waals surface area contributed by atoms with Crippen molar-refractivity contribution in [2.45, 2.75) is 13.8 Å². The van der Waals surface area contributed by atoms with E-state index < -0.39 is 0 Å². The van der Waals surface area contributed by atoms with Gasteiger partial charge in [-0.3, -0.25) is 10.9 Å². The zero-order valence-corrected chi connectivity index (χ0v) is 20.8. The second-order valence-electron chi connectivity index (χ2n) is 7.77. The molecule has 0 amide bonds. The maximum absolute atomic E-state index is 6.23. The number of hydrogen-bond acceptors (Lipinski definition) is 6. The van der Waals surface area contributed by atoms with Crippen molar-refractivity contribution in [3.05, 3.63) is 108 Å². The molecule has 4 rings (SSSR count). The predicted molar refractivity (Wildman–Crippen MR) is 145 cm³/mol. The fourth-order valence-corrected chi connectivity index (χ4v) is 3.68. The lowest BCUT2D eigenvalue weighted by atomic mass is 10.2. The lowest BCUT2D eigenvalue weighted by Crippen LogP contribution is -2.50. The van der Waals surface area contributed by atoms with E-state index in [1.54, 1.807) is 7.11 Å². The minimum Gasteiger partial charge on any atom is -0.497 e. The normalized spacial score (nSPS) is 10.4. The van der Waals surface area contributed by atoms with Crippen LogP contribution in [0.5, 0.6) is 11.5 Å². The summed E-state index contributed by atoms with van der Waals surface area (Å²) in [6.45, 7) is 4.59. The molecule has 4 aromatic rings. The van der Waals surface area contributed by atoms with Gasteiger partial charge in [0.25, 0.3) is 0 Å². The number of rotatable bonds is 10. The van der Waals surface area contributed by atoms with Gasteiger partial charge in [-0.25, -0.2) is 0 Å². The van der Waals surface area contributed by atoms with Crippen LogP contribution < -0.4 is 30.6 Å². The van der Waals surface area contributed by atoms with E-state index in [9.17, 15) is 0 Å². The second-order valence-corrected chi connectivity index (χ2v) is 8.21. The van der Waals surface area contributed by atoms with Gasteiger partial charge in [0.05, 0.1) is 36.5 Å². The molecule has 0 heterocycles. The van der Waals surface area contributed by atoms with Crippen LogP contribution in [0.1, 0.15) is 12.5 Å². The van der Waals surface area contributed by atoms with E-state index in [4.69, 9.17) is 21.1 Å². The standard InChI is InChI=1S/C28H29ClN4O2/c1-4-35-28-15-8-7-14-27(28)31-32(23-18-16-22(29)17-19-23)33(24-11-9-12-25(20-24)34-3)30-26-13-6-5-10-21(26)2/h5-20,30-31H,4H2,1-3H3. The lowest BCUT2D eigenvalue weighted by molar-refractivity contribution is 0.341. The molecule has 0 saturated heterocycles. The summed E-state index contributed by atoms with van der Waals surface area (Å²) in [5.74, 6) is 1.49. The van der Waals surface area contributed by atoms with Gasteiger partial charge in [0, 0.05) is 11.1 Å². The summed E-state index contributed by atoms with van der Waals surface area (Å²) in [6.07, 6.45) is 0. The number of methoxy groups -OCH3 is 1. The molecule has 0 aliphatic carbocycles. The van der Waals surface area contributed by atoms with Gasteiger partial charge in [-0.15, -0.1) is 0 Å². The molecule has 0 aliphatic heterocycles. The molecule has 0 saturated carbocycles. The van der Waals surface area contributed by atoms with Crippen LogP contribution in [-0.4, -0.2) is 13.7 Å². The van der Waals surface area contributed by atoms with E-state index in [1.807, 2.05) is 108 Å². The lowest BCUT2D eigenvalue weighted by Gasteiger charge is -2.39. The summed E-state index contributed by atoms with van der Waals surface area (Å²) in [5, 5.41) is 4.50. The van der Waals surface area contributed by atoms with Crippen molar-refractivity contribution in [3.8, 4) is 11.5 Å². The first-order chi connectivity index (χ1) is 17.1. The van der Waals surface area contributed by atoms with Crippen molar-refractivity contribution in [1.29, 1.82) is 0 Å². The fourth-order valence-electron chi connectivity index (χ4n) is 3.55. The van der Waals surface area contributed by atoms with Crippen molar-refractivity contribution in [1.82, 2.24) is 0 Å². The zero-order chi connectivity index (χ0) is 24.6. The quantitative estimate of drug-likeness (QED) is 0.228. The third-order valence-electron chi connectivity index (χ3n) is 5.35. The predicted octanol–water partition coefficient (Wildman–Crippen LogP) is 7.34. The Morgan fingerprint density at radius 3 is 2.11 bits per heavy atom. The summed E-state index contributed by atoms with van der Waals surface area (Å²) in [6, 6.07) is 31.4. The molecule has 0 spiro atoms. The third kappa shape index (κ3) is 5.91. The van der Waals surface area contributed by atoms with E-state index in [2.05, 4.69) is 23.8 Å². The Kier molecular flexibility index (Phi) is 7.85. The Labute approximate surface area is 211 Å². The Balaban J connectivity index is 1.84. The van der Waals surface area contributed by atoms with E-state index in [-0.39, 0.29) is 0 Å². The van der Waals surface area contributed by atoms with Crippen molar-refractivity contribution in [3.63, 3.8) is 0 Å². The third-order valence-corrected chi connectivity index (χ3v) is 5.61. The minimum atomic E-state index is 0.556. The monoisotopic (exact) mass is 488 g/mol. The Morgan fingerprint density at radius 2 is 1.40 bits per heavy atom. The molecular formula is C28H29ClN4O2. The van der Waals surface area contributed by atoms with Crippen LogP contribution in [0.25, 0.3) is 0 Å². The summed E-state index contributed by atoms with van der Waals surface area (Å²) in [5.41, 5.74) is 11.7. The van der Waals surface area contributed by atoms with Gasteiger partial charge in [0.1, 0.15) is 11.5 Å². The highest BCUT2D eigenvalue weighted by Crippen LogP contribution is 2.31. The number of hydrazine groups is 3. The van der Waals surface area contributed by atoms with E-state index >= 15 is 0 Å². The van der Waals surface area contributed by atoms with Gasteiger partial charge in [0.15, 0.2) is 0 Å². The van der Waals surface area contributed by atoms with Crippen LogP contribution in [0, 0.1) is 6.92 Å². The first kappa shape index (κ1) is 24.1. The number of nitrogens with zero attached hydrogens (tertiary/aromatic N) is 2. The second kappa shape index (κ2) is 11.4. The minimum absolute atomic E-state index is 0.556. The number of aryl methyl sites for hydroxylation is 1. The highest BCUT2D eigenvalue weighted by molar-refractivity contribution is 6.30. The summed E-state index contributed by atoms with van der Waals surface area (Å²) >= 11 is 6.23. The molecule has 6 nitrogen and oxygen atoms in total. The Bertz CT molecular complexity index is 1250. The fraction of sp³-hybridized carbons (Fsp3) is 0.143. The molecule has 0 aromatic heterocycles. The summed E-state index contributed by atoms with van der Waals surface area (Å²) in [7, 11) is 1.66. The van der Waals surface area contributed by atoms with Gasteiger partial charge >= 0.3 is 0 Å². The molecule has 4 aromatic carbocycles. The molecule has 0 atom stereocenters.